The van der Waals surface area contributed by atoms with Crippen molar-refractivity contribution in [2.45, 2.75) is 18.9 Å². The van der Waals surface area contributed by atoms with Crippen molar-refractivity contribution >= 4 is 27.5 Å². The number of benzene rings is 1. The molecule has 104 valence electrons. The average Bonchev–Trinajstić information content (AvgIpc) is 2.38. The number of likely N-dealkylation sites (N-methyl/N-ethyl adjacent to an activating group) is 1. The fourth-order valence-electron chi connectivity index (χ4n) is 2.59. The summed E-state index contributed by atoms with van der Waals surface area (Å²) in [7, 11) is 4.25. The van der Waals surface area contributed by atoms with Gasteiger partial charge in [-0.15, -0.1) is 0 Å². The molecule has 4 nitrogen and oxygen atoms in total. The Hall–Kier alpha value is -1.07. The van der Waals surface area contributed by atoms with Gasteiger partial charge in [-0.1, -0.05) is 15.9 Å². The van der Waals surface area contributed by atoms with E-state index in [4.69, 9.17) is 11.1 Å². The quantitative estimate of drug-likeness (QED) is 0.662. The molecular weight excluding hydrogens is 304 g/mol. The molecule has 1 heterocycles. The van der Waals surface area contributed by atoms with Crippen LogP contribution in [0.4, 0.5) is 5.69 Å². The van der Waals surface area contributed by atoms with E-state index >= 15 is 0 Å². The standard InChI is InChI=1S/C14H21BrN4/c1-18(2)11-4-3-7-19(9-11)13-8-10(15)5-6-12(13)14(16)17/h5-6,8,11H,3-4,7,9H2,1-2H3,(H3,16,17). The molecule has 1 unspecified atom stereocenters. The van der Waals surface area contributed by atoms with Crippen molar-refractivity contribution in [3.05, 3.63) is 28.2 Å². The normalized spacial score (nSPS) is 19.8. The first-order chi connectivity index (χ1) is 8.99. The van der Waals surface area contributed by atoms with Crippen LogP contribution in [0, 0.1) is 5.41 Å². The van der Waals surface area contributed by atoms with Gasteiger partial charge in [0.15, 0.2) is 0 Å². The molecule has 0 aliphatic carbocycles. The lowest BCUT2D eigenvalue weighted by Crippen LogP contribution is -2.45. The van der Waals surface area contributed by atoms with Crippen molar-refractivity contribution in [1.29, 1.82) is 5.41 Å². The third-order valence-electron chi connectivity index (χ3n) is 3.72. The highest BCUT2D eigenvalue weighted by molar-refractivity contribution is 9.10. The topological polar surface area (TPSA) is 56.4 Å². The molecule has 1 aromatic carbocycles. The number of hydrogen-bond donors (Lipinski definition) is 2. The van der Waals surface area contributed by atoms with Crippen molar-refractivity contribution in [2.75, 3.05) is 32.1 Å². The summed E-state index contributed by atoms with van der Waals surface area (Å²) < 4.78 is 1.03. The maximum absolute atomic E-state index is 7.73. The van der Waals surface area contributed by atoms with Gasteiger partial charge in [-0.05, 0) is 45.1 Å². The van der Waals surface area contributed by atoms with Crippen LogP contribution in [-0.2, 0) is 0 Å². The van der Waals surface area contributed by atoms with Crippen LogP contribution in [-0.4, -0.2) is 44.0 Å². The molecule has 5 heteroatoms. The van der Waals surface area contributed by atoms with E-state index in [0.717, 1.165) is 28.8 Å². The maximum atomic E-state index is 7.73. The number of piperidine rings is 1. The fourth-order valence-corrected chi connectivity index (χ4v) is 2.94. The lowest BCUT2D eigenvalue weighted by atomic mass is 10.0. The minimum absolute atomic E-state index is 0.134. The van der Waals surface area contributed by atoms with Crippen molar-refractivity contribution in [2.24, 2.45) is 5.73 Å². The predicted octanol–water partition coefficient (Wildman–Crippen LogP) is 2.26. The number of hydrogen-bond acceptors (Lipinski definition) is 3. The molecule has 2 rings (SSSR count). The second kappa shape index (κ2) is 5.92. The Labute approximate surface area is 123 Å². The zero-order valence-electron chi connectivity index (χ0n) is 11.5. The van der Waals surface area contributed by atoms with Gasteiger partial charge in [-0.2, -0.15) is 0 Å². The van der Waals surface area contributed by atoms with E-state index < -0.39 is 0 Å². The monoisotopic (exact) mass is 324 g/mol. The summed E-state index contributed by atoms with van der Waals surface area (Å²) in [5.74, 6) is 0.134. The molecule has 0 radical (unpaired) electrons. The van der Waals surface area contributed by atoms with Gasteiger partial charge in [0.25, 0.3) is 0 Å². The first-order valence-electron chi connectivity index (χ1n) is 6.54. The van der Waals surface area contributed by atoms with Crippen LogP contribution in [0.3, 0.4) is 0 Å². The Morgan fingerprint density at radius 1 is 1.47 bits per heavy atom. The van der Waals surface area contributed by atoms with Gasteiger partial charge in [0.2, 0.25) is 0 Å². The number of nitrogen functional groups attached to an aromatic ring is 1. The highest BCUT2D eigenvalue weighted by Crippen LogP contribution is 2.28. The zero-order chi connectivity index (χ0) is 14.0. The summed E-state index contributed by atoms with van der Waals surface area (Å²) in [6.45, 7) is 2.02. The first kappa shape index (κ1) is 14.3. The Morgan fingerprint density at radius 3 is 2.84 bits per heavy atom. The highest BCUT2D eigenvalue weighted by atomic mass is 79.9. The summed E-state index contributed by atoms with van der Waals surface area (Å²) in [4.78, 5) is 4.62. The van der Waals surface area contributed by atoms with Crippen molar-refractivity contribution in [1.82, 2.24) is 4.90 Å². The average molecular weight is 325 g/mol. The number of amidine groups is 1. The second-order valence-electron chi connectivity index (χ2n) is 5.28. The minimum atomic E-state index is 0.134. The van der Waals surface area contributed by atoms with Crippen LogP contribution in [0.25, 0.3) is 0 Å². The molecule has 0 aromatic heterocycles. The summed E-state index contributed by atoms with van der Waals surface area (Å²) in [6, 6.07) is 6.48. The number of nitrogens with two attached hydrogens (primary N) is 1. The molecule has 1 aliphatic rings. The molecule has 0 bridgehead atoms. The molecule has 1 saturated heterocycles. The molecule has 1 aliphatic heterocycles. The van der Waals surface area contributed by atoms with Crippen LogP contribution in [0.2, 0.25) is 0 Å². The van der Waals surface area contributed by atoms with Gasteiger partial charge >= 0.3 is 0 Å². The van der Waals surface area contributed by atoms with Crippen molar-refractivity contribution in [3.63, 3.8) is 0 Å². The highest BCUT2D eigenvalue weighted by Gasteiger charge is 2.23. The number of nitrogens with zero attached hydrogens (tertiary/aromatic N) is 2. The van der Waals surface area contributed by atoms with E-state index in [1.54, 1.807) is 0 Å². The second-order valence-corrected chi connectivity index (χ2v) is 6.20. The molecule has 1 atom stereocenters. The summed E-state index contributed by atoms with van der Waals surface area (Å²) in [5.41, 5.74) is 7.58. The zero-order valence-corrected chi connectivity index (χ0v) is 13.1. The van der Waals surface area contributed by atoms with E-state index in [1.165, 1.54) is 12.8 Å². The third-order valence-corrected chi connectivity index (χ3v) is 4.21. The van der Waals surface area contributed by atoms with Gasteiger partial charge < -0.3 is 15.5 Å². The number of anilines is 1. The number of halogens is 1. The van der Waals surface area contributed by atoms with Crippen molar-refractivity contribution < 1.29 is 0 Å². The largest absolute Gasteiger partial charge is 0.384 e. The first-order valence-corrected chi connectivity index (χ1v) is 7.33. The SMILES string of the molecule is CN(C)C1CCCN(c2cc(Br)ccc2C(=N)N)C1. The van der Waals surface area contributed by atoms with Crippen LogP contribution < -0.4 is 10.6 Å². The van der Waals surface area contributed by atoms with Crippen LogP contribution in [0.15, 0.2) is 22.7 Å². The van der Waals surface area contributed by atoms with Crippen LogP contribution in [0.5, 0.6) is 0 Å². The van der Waals surface area contributed by atoms with Crippen LogP contribution >= 0.6 is 15.9 Å². The summed E-state index contributed by atoms with van der Waals surface area (Å²) in [5, 5.41) is 7.73. The van der Waals surface area contributed by atoms with Gasteiger partial charge in [0.05, 0.1) is 0 Å². The Morgan fingerprint density at radius 2 is 2.21 bits per heavy atom. The minimum Gasteiger partial charge on any atom is -0.384 e. The van der Waals surface area contributed by atoms with Crippen LogP contribution in [0.1, 0.15) is 18.4 Å². The molecule has 19 heavy (non-hydrogen) atoms. The van der Waals surface area contributed by atoms with Gasteiger partial charge in [0.1, 0.15) is 5.84 Å². The van der Waals surface area contributed by atoms with E-state index in [0.29, 0.717) is 6.04 Å². The molecule has 1 fully saturated rings. The van der Waals surface area contributed by atoms with E-state index in [9.17, 15) is 0 Å². The molecule has 3 N–H and O–H groups in total. The molecule has 1 aromatic rings. The van der Waals surface area contributed by atoms with Gasteiger partial charge in [-0.25, -0.2) is 0 Å². The van der Waals surface area contributed by atoms with Crippen molar-refractivity contribution in [3.8, 4) is 0 Å². The fraction of sp³-hybridized carbons (Fsp3) is 0.500. The molecule has 0 amide bonds. The summed E-state index contributed by atoms with van der Waals surface area (Å²) in [6.07, 6.45) is 2.40. The summed E-state index contributed by atoms with van der Waals surface area (Å²) >= 11 is 3.51. The maximum Gasteiger partial charge on any atom is 0.124 e. The van der Waals surface area contributed by atoms with E-state index in [1.807, 2.05) is 12.1 Å². The molecule has 0 spiro atoms. The third kappa shape index (κ3) is 3.28. The van der Waals surface area contributed by atoms with E-state index in [-0.39, 0.29) is 5.84 Å². The smallest absolute Gasteiger partial charge is 0.124 e. The Balaban J connectivity index is 2.30. The van der Waals surface area contributed by atoms with Gasteiger partial charge in [-0.3, -0.25) is 5.41 Å². The van der Waals surface area contributed by atoms with Gasteiger partial charge in [0, 0.05) is 34.9 Å². The molecular formula is C14H21BrN4. The number of rotatable bonds is 3. The molecule has 0 saturated carbocycles. The van der Waals surface area contributed by atoms with E-state index in [2.05, 4.69) is 45.9 Å². The predicted molar refractivity (Wildman–Crippen MR) is 84.1 cm³/mol. The Bertz CT molecular complexity index is 473. The lowest BCUT2D eigenvalue weighted by molar-refractivity contribution is 0.258. The number of nitrogens with one attached hydrogen (secondary N) is 1. The lowest BCUT2D eigenvalue weighted by Gasteiger charge is -2.38. The Kier molecular flexibility index (Phi) is 4.47.